The molecule has 0 aromatic heterocycles. The maximum atomic E-state index is 13.0. The molecule has 1 fully saturated rings. The van der Waals surface area contributed by atoms with Crippen molar-refractivity contribution in [2.45, 2.75) is 5.54 Å². The molecule has 1 heterocycles. The molecule has 1 aliphatic heterocycles. The highest BCUT2D eigenvalue weighted by Gasteiger charge is 2.44. The van der Waals surface area contributed by atoms with Gasteiger partial charge in [0.1, 0.15) is 5.82 Å². The number of likely N-dealkylation sites (tertiary alicyclic amines) is 1. The summed E-state index contributed by atoms with van der Waals surface area (Å²) in [6.07, 6.45) is 1.82. The average molecular weight is 250 g/mol. The van der Waals surface area contributed by atoms with Gasteiger partial charge in [-0.1, -0.05) is 18.2 Å². The number of halogens is 1. The Morgan fingerprint density at radius 2 is 2.17 bits per heavy atom. The highest BCUT2D eigenvalue weighted by molar-refractivity contribution is 5.28. The summed E-state index contributed by atoms with van der Waals surface area (Å²) in [6, 6.07) is 6.23. The number of nitrogens with zero attached hydrogens (tertiary/aromatic N) is 1. The van der Waals surface area contributed by atoms with Crippen molar-refractivity contribution < 1.29 is 9.50 Å². The van der Waals surface area contributed by atoms with Crippen molar-refractivity contribution in [3.63, 3.8) is 0 Å². The lowest BCUT2D eigenvalue weighted by Gasteiger charge is -2.30. The first-order chi connectivity index (χ1) is 8.60. The van der Waals surface area contributed by atoms with Crippen LogP contribution in [0.4, 0.5) is 4.39 Å². The molecule has 2 atom stereocenters. The minimum Gasteiger partial charge on any atom is -0.396 e. The van der Waals surface area contributed by atoms with E-state index in [1.165, 1.54) is 12.1 Å². The molecule has 3 nitrogen and oxygen atoms in total. The quantitative estimate of drug-likeness (QED) is 0.786. The summed E-state index contributed by atoms with van der Waals surface area (Å²) in [5.74, 6) is -0.313. The molecular weight excluding hydrogens is 231 g/mol. The Bertz CT molecular complexity index is 420. The first-order valence-corrected chi connectivity index (χ1v) is 6.09. The third-order valence-electron chi connectivity index (χ3n) is 3.68. The molecular formula is C14H19FN2O. The Morgan fingerprint density at radius 3 is 2.72 bits per heavy atom. The molecule has 1 saturated heterocycles. The smallest absolute Gasteiger partial charge is 0.123 e. The predicted octanol–water partition coefficient (Wildman–Crippen LogP) is 1.09. The molecule has 3 N–H and O–H groups in total. The first kappa shape index (κ1) is 13.2. The van der Waals surface area contributed by atoms with Gasteiger partial charge in [-0.2, -0.15) is 0 Å². The van der Waals surface area contributed by atoms with Gasteiger partial charge in [0.15, 0.2) is 0 Å². The summed E-state index contributed by atoms with van der Waals surface area (Å²) in [7, 11) is 0. The second kappa shape index (κ2) is 5.18. The SMILES string of the molecule is C=CCN1CC(CO)C(N)(c2ccc(F)cc2)C1. The molecule has 1 aromatic carbocycles. The Morgan fingerprint density at radius 1 is 1.50 bits per heavy atom. The molecule has 18 heavy (non-hydrogen) atoms. The van der Waals surface area contributed by atoms with E-state index < -0.39 is 5.54 Å². The highest BCUT2D eigenvalue weighted by Crippen LogP contribution is 2.34. The van der Waals surface area contributed by atoms with Crippen LogP contribution in [0.2, 0.25) is 0 Å². The number of benzene rings is 1. The second-order valence-electron chi connectivity index (χ2n) is 4.91. The van der Waals surface area contributed by atoms with Crippen LogP contribution in [0.5, 0.6) is 0 Å². The molecule has 0 saturated carbocycles. The zero-order valence-electron chi connectivity index (χ0n) is 10.3. The maximum absolute atomic E-state index is 13.0. The summed E-state index contributed by atoms with van der Waals surface area (Å²) >= 11 is 0. The molecule has 0 radical (unpaired) electrons. The largest absolute Gasteiger partial charge is 0.396 e. The lowest BCUT2D eigenvalue weighted by molar-refractivity contribution is 0.185. The Kier molecular flexibility index (Phi) is 3.80. The van der Waals surface area contributed by atoms with Crippen LogP contribution >= 0.6 is 0 Å². The van der Waals surface area contributed by atoms with E-state index in [0.29, 0.717) is 6.54 Å². The number of hydrogen-bond acceptors (Lipinski definition) is 3. The number of rotatable bonds is 4. The van der Waals surface area contributed by atoms with Crippen molar-refractivity contribution in [2.75, 3.05) is 26.2 Å². The van der Waals surface area contributed by atoms with Gasteiger partial charge in [-0.05, 0) is 17.7 Å². The molecule has 0 amide bonds. The van der Waals surface area contributed by atoms with Gasteiger partial charge in [-0.15, -0.1) is 6.58 Å². The number of nitrogens with two attached hydrogens (primary N) is 1. The topological polar surface area (TPSA) is 49.5 Å². The third-order valence-corrected chi connectivity index (χ3v) is 3.68. The highest BCUT2D eigenvalue weighted by atomic mass is 19.1. The number of aliphatic hydroxyl groups excluding tert-OH is 1. The van der Waals surface area contributed by atoms with Crippen LogP contribution in [0.1, 0.15) is 5.56 Å². The predicted molar refractivity (Wildman–Crippen MR) is 69.5 cm³/mol. The van der Waals surface area contributed by atoms with E-state index >= 15 is 0 Å². The lowest BCUT2D eigenvalue weighted by atomic mass is 9.82. The molecule has 98 valence electrons. The fourth-order valence-corrected chi connectivity index (χ4v) is 2.67. The monoisotopic (exact) mass is 250 g/mol. The van der Waals surface area contributed by atoms with E-state index in [-0.39, 0.29) is 18.3 Å². The van der Waals surface area contributed by atoms with E-state index in [0.717, 1.165) is 18.7 Å². The molecule has 4 heteroatoms. The Balaban J connectivity index is 2.27. The van der Waals surface area contributed by atoms with Crippen molar-refractivity contribution in [1.29, 1.82) is 0 Å². The van der Waals surface area contributed by atoms with Gasteiger partial charge in [0, 0.05) is 32.2 Å². The lowest BCUT2D eigenvalue weighted by Crippen LogP contribution is -2.45. The fraction of sp³-hybridized carbons (Fsp3) is 0.429. The standard InChI is InChI=1S/C14H19FN2O/c1-2-7-17-8-12(9-18)14(16,10-17)11-3-5-13(15)6-4-11/h2-6,12,18H,1,7-10,16H2. The van der Waals surface area contributed by atoms with Crippen LogP contribution in [-0.4, -0.2) is 36.2 Å². The van der Waals surface area contributed by atoms with Crippen LogP contribution in [0, 0.1) is 11.7 Å². The summed E-state index contributed by atoms with van der Waals surface area (Å²) in [4.78, 5) is 2.15. The van der Waals surface area contributed by atoms with Crippen molar-refractivity contribution in [3.8, 4) is 0 Å². The summed E-state index contributed by atoms with van der Waals surface area (Å²) in [5, 5.41) is 9.50. The van der Waals surface area contributed by atoms with Gasteiger partial charge in [0.05, 0.1) is 5.54 Å². The van der Waals surface area contributed by atoms with Gasteiger partial charge in [-0.3, -0.25) is 4.90 Å². The Labute approximate surface area is 107 Å². The molecule has 1 aliphatic rings. The van der Waals surface area contributed by atoms with Crippen LogP contribution < -0.4 is 5.73 Å². The molecule has 0 aliphatic carbocycles. The van der Waals surface area contributed by atoms with E-state index in [4.69, 9.17) is 5.73 Å². The molecule has 2 unspecified atom stereocenters. The minimum absolute atomic E-state index is 0.0293. The molecule has 1 aromatic rings. The maximum Gasteiger partial charge on any atom is 0.123 e. The first-order valence-electron chi connectivity index (χ1n) is 6.09. The van der Waals surface area contributed by atoms with Gasteiger partial charge in [0.2, 0.25) is 0 Å². The van der Waals surface area contributed by atoms with Crippen molar-refractivity contribution in [2.24, 2.45) is 11.7 Å². The van der Waals surface area contributed by atoms with E-state index in [1.807, 2.05) is 6.08 Å². The zero-order valence-corrected chi connectivity index (χ0v) is 10.3. The van der Waals surface area contributed by atoms with E-state index in [9.17, 15) is 9.50 Å². The zero-order chi connectivity index (χ0) is 13.2. The molecule has 0 spiro atoms. The van der Waals surface area contributed by atoms with Crippen molar-refractivity contribution in [1.82, 2.24) is 4.90 Å². The van der Waals surface area contributed by atoms with Crippen LogP contribution in [0.25, 0.3) is 0 Å². The molecule has 0 bridgehead atoms. The number of aliphatic hydroxyl groups is 1. The second-order valence-corrected chi connectivity index (χ2v) is 4.91. The average Bonchev–Trinajstić information content (AvgIpc) is 2.68. The van der Waals surface area contributed by atoms with E-state index in [1.54, 1.807) is 12.1 Å². The van der Waals surface area contributed by atoms with Gasteiger partial charge in [-0.25, -0.2) is 4.39 Å². The van der Waals surface area contributed by atoms with Crippen molar-refractivity contribution in [3.05, 3.63) is 48.3 Å². The van der Waals surface area contributed by atoms with Gasteiger partial charge < -0.3 is 10.8 Å². The normalized spacial score (nSPS) is 28.5. The Hall–Kier alpha value is -1.23. The summed E-state index contributed by atoms with van der Waals surface area (Å²) in [5.41, 5.74) is 6.70. The third kappa shape index (κ3) is 2.32. The summed E-state index contributed by atoms with van der Waals surface area (Å²) < 4.78 is 13.0. The summed E-state index contributed by atoms with van der Waals surface area (Å²) in [6.45, 7) is 5.87. The fourth-order valence-electron chi connectivity index (χ4n) is 2.67. The number of hydrogen-bond donors (Lipinski definition) is 2. The minimum atomic E-state index is -0.620. The van der Waals surface area contributed by atoms with Gasteiger partial charge >= 0.3 is 0 Å². The molecule has 2 rings (SSSR count). The van der Waals surface area contributed by atoms with Crippen molar-refractivity contribution >= 4 is 0 Å². The van der Waals surface area contributed by atoms with Gasteiger partial charge in [0.25, 0.3) is 0 Å². The van der Waals surface area contributed by atoms with E-state index in [2.05, 4.69) is 11.5 Å². The van der Waals surface area contributed by atoms with Crippen LogP contribution in [0.15, 0.2) is 36.9 Å². The van der Waals surface area contributed by atoms with Crippen LogP contribution in [0.3, 0.4) is 0 Å². The van der Waals surface area contributed by atoms with Crippen LogP contribution in [-0.2, 0) is 5.54 Å².